The number of Topliss-reactive ketones (excluding diaryl/α,β-unsaturated/α-hetero) is 1. The number of hydrogen-bond donors (Lipinski definition) is 2. The number of furan rings is 1. The molecule has 178 valence electrons. The summed E-state index contributed by atoms with van der Waals surface area (Å²) in [7, 11) is -3.92. The number of ketones is 1. The number of carbonyl (C=O) groups excluding carboxylic acids is 3. The second-order valence-electron chi connectivity index (χ2n) is 7.55. The summed E-state index contributed by atoms with van der Waals surface area (Å²) in [6.07, 6.45) is 0.319. The van der Waals surface area contributed by atoms with Gasteiger partial charge in [-0.1, -0.05) is 6.07 Å². The summed E-state index contributed by atoms with van der Waals surface area (Å²) < 4.78 is 38.1. The van der Waals surface area contributed by atoms with Crippen molar-refractivity contribution < 1.29 is 32.0 Å². The van der Waals surface area contributed by atoms with Crippen LogP contribution in [0.25, 0.3) is 0 Å². The molecule has 3 rings (SSSR count). The maximum absolute atomic E-state index is 12.8. The molecule has 1 aromatic heterocycles. The number of carbonyl (C=O) groups is 3. The summed E-state index contributed by atoms with van der Waals surface area (Å²) in [5.41, 5.74) is 1.35. The van der Waals surface area contributed by atoms with Gasteiger partial charge >= 0.3 is 5.97 Å². The molecule has 0 fully saturated rings. The van der Waals surface area contributed by atoms with E-state index in [-0.39, 0.29) is 22.9 Å². The van der Waals surface area contributed by atoms with Gasteiger partial charge in [-0.2, -0.15) is 0 Å². The number of nitrogens with one attached hydrogen (secondary N) is 2. The van der Waals surface area contributed by atoms with Gasteiger partial charge in [-0.05, 0) is 67.9 Å². The highest BCUT2D eigenvalue weighted by Crippen LogP contribution is 2.19. The third-order valence-electron chi connectivity index (χ3n) is 4.90. The van der Waals surface area contributed by atoms with E-state index in [9.17, 15) is 22.8 Å². The van der Waals surface area contributed by atoms with Crippen molar-refractivity contribution in [1.82, 2.24) is 4.72 Å². The molecule has 9 nitrogen and oxygen atoms in total. The van der Waals surface area contributed by atoms with Gasteiger partial charge in [0.1, 0.15) is 5.76 Å². The summed E-state index contributed by atoms with van der Waals surface area (Å²) in [4.78, 5) is 36.4. The number of esters is 1. The van der Waals surface area contributed by atoms with Crippen LogP contribution in [0.2, 0.25) is 0 Å². The molecule has 0 bridgehead atoms. The Balaban J connectivity index is 1.71. The van der Waals surface area contributed by atoms with Gasteiger partial charge in [-0.15, -0.1) is 0 Å². The number of amides is 1. The lowest BCUT2D eigenvalue weighted by Crippen LogP contribution is -2.26. The fourth-order valence-electron chi connectivity index (χ4n) is 3.08. The molecule has 1 heterocycles. The van der Waals surface area contributed by atoms with E-state index in [0.29, 0.717) is 22.6 Å². The maximum Gasteiger partial charge on any atom is 0.339 e. The summed E-state index contributed by atoms with van der Waals surface area (Å²) >= 11 is 0. The molecule has 2 aromatic carbocycles. The first kappa shape index (κ1) is 24.9. The molecule has 0 radical (unpaired) electrons. The third-order valence-corrected chi connectivity index (χ3v) is 6.30. The zero-order valence-electron chi connectivity index (χ0n) is 18.8. The molecular formula is C24H24N2O7S. The van der Waals surface area contributed by atoms with Crippen molar-refractivity contribution in [3.63, 3.8) is 0 Å². The van der Waals surface area contributed by atoms with Crippen LogP contribution < -0.4 is 10.0 Å². The molecule has 0 spiro atoms. The fraction of sp³-hybridized carbons (Fsp3) is 0.208. The van der Waals surface area contributed by atoms with Crippen LogP contribution in [0, 0.1) is 6.92 Å². The van der Waals surface area contributed by atoms with Crippen molar-refractivity contribution in [2.75, 3.05) is 5.32 Å². The lowest BCUT2D eigenvalue weighted by Gasteiger charge is -2.15. The molecule has 0 saturated heterocycles. The van der Waals surface area contributed by atoms with E-state index in [1.54, 1.807) is 31.2 Å². The average molecular weight is 485 g/mol. The number of sulfonamides is 1. The lowest BCUT2D eigenvalue weighted by atomic mass is 10.1. The van der Waals surface area contributed by atoms with E-state index >= 15 is 0 Å². The van der Waals surface area contributed by atoms with Crippen molar-refractivity contribution in [2.24, 2.45) is 0 Å². The normalized spacial score (nSPS) is 12.1. The van der Waals surface area contributed by atoms with Crippen molar-refractivity contribution >= 4 is 33.4 Å². The highest BCUT2D eigenvalue weighted by atomic mass is 32.2. The molecular weight excluding hydrogens is 460 g/mol. The zero-order chi connectivity index (χ0) is 24.9. The Morgan fingerprint density at radius 2 is 1.76 bits per heavy atom. The third kappa shape index (κ3) is 6.18. The first-order valence-corrected chi connectivity index (χ1v) is 11.8. The summed E-state index contributed by atoms with van der Waals surface area (Å²) in [5, 5.41) is 2.60. The minimum atomic E-state index is -3.92. The molecule has 0 saturated carbocycles. The molecule has 10 heteroatoms. The SMILES string of the molecule is CC(=O)Nc1ccc(C(=O)C(C)OC(=O)c2cc(S(=O)(=O)NCc3ccco3)ccc2C)cc1. The van der Waals surface area contributed by atoms with Crippen molar-refractivity contribution in [3.8, 4) is 0 Å². The second-order valence-corrected chi connectivity index (χ2v) is 9.32. The minimum Gasteiger partial charge on any atom is -0.468 e. The molecule has 1 amide bonds. The Labute approximate surface area is 197 Å². The first-order chi connectivity index (χ1) is 16.1. The highest BCUT2D eigenvalue weighted by Gasteiger charge is 2.23. The van der Waals surface area contributed by atoms with Crippen LogP contribution in [0.3, 0.4) is 0 Å². The second kappa shape index (κ2) is 10.4. The van der Waals surface area contributed by atoms with Gasteiger partial charge < -0.3 is 14.5 Å². The molecule has 1 unspecified atom stereocenters. The smallest absolute Gasteiger partial charge is 0.339 e. The molecule has 0 aliphatic carbocycles. The predicted octanol–water partition coefficient (Wildman–Crippen LogP) is 3.45. The Kier molecular flexibility index (Phi) is 7.64. The molecule has 0 aliphatic rings. The Morgan fingerprint density at radius 3 is 2.38 bits per heavy atom. The number of rotatable bonds is 9. The van der Waals surface area contributed by atoms with E-state index in [4.69, 9.17) is 9.15 Å². The Hall–Kier alpha value is -3.76. The van der Waals surface area contributed by atoms with E-state index < -0.39 is 27.9 Å². The van der Waals surface area contributed by atoms with Gasteiger partial charge in [0, 0.05) is 18.2 Å². The van der Waals surface area contributed by atoms with E-state index in [1.807, 2.05) is 0 Å². The molecule has 0 aliphatic heterocycles. The quantitative estimate of drug-likeness (QED) is 0.351. The van der Waals surface area contributed by atoms with Crippen LogP contribution in [0.4, 0.5) is 5.69 Å². The van der Waals surface area contributed by atoms with Gasteiger partial charge in [0.25, 0.3) is 0 Å². The molecule has 2 N–H and O–H groups in total. The number of ether oxygens (including phenoxy) is 1. The summed E-state index contributed by atoms with van der Waals surface area (Å²) in [6.45, 7) is 4.40. The van der Waals surface area contributed by atoms with Gasteiger partial charge in [-0.25, -0.2) is 17.9 Å². The molecule has 1 atom stereocenters. The van der Waals surface area contributed by atoms with Crippen LogP contribution in [-0.4, -0.2) is 32.2 Å². The lowest BCUT2D eigenvalue weighted by molar-refractivity contribution is -0.114. The van der Waals surface area contributed by atoms with Crippen LogP contribution in [0.1, 0.15) is 45.9 Å². The highest BCUT2D eigenvalue weighted by molar-refractivity contribution is 7.89. The fourth-order valence-corrected chi connectivity index (χ4v) is 4.10. The molecule has 3 aromatic rings. The zero-order valence-corrected chi connectivity index (χ0v) is 19.6. The number of aryl methyl sites for hydroxylation is 1. The Bertz CT molecular complexity index is 1300. The van der Waals surface area contributed by atoms with Crippen LogP contribution in [0.5, 0.6) is 0 Å². The van der Waals surface area contributed by atoms with Gasteiger partial charge in [0.15, 0.2) is 6.10 Å². The average Bonchev–Trinajstić information content (AvgIpc) is 3.31. The van der Waals surface area contributed by atoms with E-state index in [1.165, 1.54) is 50.4 Å². The van der Waals surface area contributed by atoms with Gasteiger partial charge in [-0.3, -0.25) is 9.59 Å². The monoisotopic (exact) mass is 484 g/mol. The predicted molar refractivity (Wildman–Crippen MR) is 124 cm³/mol. The summed E-state index contributed by atoms with van der Waals surface area (Å²) in [5.74, 6) is -1.06. The number of benzene rings is 2. The number of anilines is 1. The maximum atomic E-state index is 12.8. The Morgan fingerprint density at radius 1 is 1.06 bits per heavy atom. The van der Waals surface area contributed by atoms with Crippen LogP contribution in [-0.2, 0) is 26.1 Å². The minimum absolute atomic E-state index is 0.0292. The first-order valence-electron chi connectivity index (χ1n) is 10.3. The standard InChI is InChI=1S/C24H24N2O7S/c1-15-6-11-21(34(30,31)25-14-20-5-4-12-32-20)13-22(15)24(29)33-16(2)23(28)18-7-9-19(10-8-18)26-17(3)27/h4-13,16,25H,14H2,1-3H3,(H,26,27). The van der Waals surface area contributed by atoms with E-state index in [2.05, 4.69) is 10.0 Å². The summed E-state index contributed by atoms with van der Waals surface area (Å²) in [6, 6.07) is 13.5. The van der Waals surface area contributed by atoms with Gasteiger partial charge in [0.2, 0.25) is 21.7 Å². The van der Waals surface area contributed by atoms with Crippen LogP contribution in [0.15, 0.2) is 70.2 Å². The molecule has 34 heavy (non-hydrogen) atoms. The van der Waals surface area contributed by atoms with Crippen molar-refractivity contribution in [1.29, 1.82) is 0 Å². The van der Waals surface area contributed by atoms with Crippen molar-refractivity contribution in [3.05, 3.63) is 83.3 Å². The van der Waals surface area contributed by atoms with Gasteiger partial charge in [0.05, 0.1) is 23.3 Å². The largest absolute Gasteiger partial charge is 0.468 e. The number of hydrogen-bond acceptors (Lipinski definition) is 7. The van der Waals surface area contributed by atoms with Crippen molar-refractivity contribution in [2.45, 2.75) is 38.3 Å². The van der Waals surface area contributed by atoms with E-state index in [0.717, 1.165) is 0 Å². The van der Waals surface area contributed by atoms with Crippen LogP contribution >= 0.6 is 0 Å². The topological polar surface area (TPSA) is 132 Å².